The maximum atomic E-state index is 11.2. The smallest absolute Gasteiger partial charge is 0.249 e. The number of carbonyl (C=O) groups excluding carboxylic acids is 1. The molecule has 0 atom stereocenters. The lowest BCUT2D eigenvalue weighted by Gasteiger charge is -2.04. The fraction of sp³-hybridized carbons (Fsp3) is 0.0909. The molecule has 1 heterocycles. The van der Waals surface area contributed by atoms with Crippen LogP contribution in [-0.2, 0) is 0 Å². The summed E-state index contributed by atoms with van der Waals surface area (Å²) < 4.78 is 0. The van der Waals surface area contributed by atoms with Crippen molar-refractivity contribution in [2.45, 2.75) is 6.92 Å². The highest BCUT2D eigenvalue weighted by Gasteiger charge is 2.08. The Hall–Kier alpha value is -1.90. The number of amides is 1. The number of aromatic nitrogens is 1. The molecule has 1 aromatic carbocycles. The van der Waals surface area contributed by atoms with Crippen LogP contribution in [0.2, 0.25) is 0 Å². The van der Waals surface area contributed by atoms with Gasteiger partial charge in [-0.1, -0.05) is 12.1 Å². The molecule has 0 radical (unpaired) electrons. The van der Waals surface area contributed by atoms with E-state index in [9.17, 15) is 4.79 Å². The second-order valence-corrected chi connectivity index (χ2v) is 3.19. The van der Waals surface area contributed by atoms with E-state index in [1.807, 2.05) is 25.1 Å². The monoisotopic (exact) mass is 186 g/mol. The van der Waals surface area contributed by atoms with Gasteiger partial charge in [0.1, 0.15) is 0 Å². The molecule has 0 aliphatic carbocycles. The summed E-state index contributed by atoms with van der Waals surface area (Å²) >= 11 is 0. The zero-order valence-electron chi connectivity index (χ0n) is 7.82. The third kappa shape index (κ3) is 1.23. The van der Waals surface area contributed by atoms with Crippen LogP contribution in [0, 0.1) is 6.92 Å². The summed E-state index contributed by atoms with van der Waals surface area (Å²) in [5, 5.41) is 0.850. The van der Waals surface area contributed by atoms with E-state index in [2.05, 4.69) is 4.98 Å². The summed E-state index contributed by atoms with van der Waals surface area (Å²) in [4.78, 5) is 15.3. The molecule has 1 amide bonds. The topological polar surface area (TPSA) is 56.0 Å². The van der Waals surface area contributed by atoms with Crippen LogP contribution >= 0.6 is 0 Å². The van der Waals surface area contributed by atoms with Gasteiger partial charge in [-0.3, -0.25) is 9.78 Å². The molecule has 0 bridgehead atoms. The van der Waals surface area contributed by atoms with Gasteiger partial charge in [0.05, 0.1) is 11.1 Å². The molecule has 0 unspecified atom stereocenters. The van der Waals surface area contributed by atoms with Gasteiger partial charge in [0.2, 0.25) is 5.91 Å². The Bertz CT molecular complexity index is 500. The van der Waals surface area contributed by atoms with Crippen LogP contribution in [0.15, 0.2) is 30.5 Å². The minimum atomic E-state index is -0.410. The number of nitrogens with zero attached hydrogens (tertiary/aromatic N) is 1. The molecule has 0 aliphatic heterocycles. The maximum absolute atomic E-state index is 11.2. The zero-order valence-corrected chi connectivity index (χ0v) is 7.82. The van der Waals surface area contributed by atoms with Gasteiger partial charge in [0.25, 0.3) is 0 Å². The summed E-state index contributed by atoms with van der Waals surface area (Å²) in [6.45, 7) is 1.94. The number of pyridine rings is 1. The highest BCUT2D eigenvalue weighted by atomic mass is 16.1. The SMILES string of the molecule is Cc1cccc2nccc(C(N)=O)c12. The Labute approximate surface area is 81.6 Å². The molecule has 1 aromatic heterocycles. The number of hydrogen-bond donors (Lipinski definition) is 1. The lowest BCUT2D eigenvalue weighted by molar-refractivity contribution is 0.100. The van der Waals surface area contributed by atoms with Crippen molar-refractivity contribution < 1.29 is 4.79 Å². The Balaban J connectivity index is 2.91. The highest BCUT2D eigenvalue weighted by molar-refractivity contribution is 6.06. The molecule has 0 fully saturated rings. The molecule has 0 saturated carbocycles. The van der Waals surface area contributed by atoms with Crippen molar-refractivity contribution in [3.05, 3.63) is 41.6 Å². The molecule has 70 valence electrons. The first-order valence-electron chi connectivity index (χ1n) is 4.34. The molecule has 2 N–H and O–H groups in total. The molecule has 0 saturated heterocycles. The van der Waals surface area contributed by atoms with Crippen molar-refractivity contribution in [2.75, 3.05) is 0 Å². The highest BCUT2D eigenvalue weighted by Crippen LogP contribution is 2.19. The standard InChI is InChI=1S/C11H10N2O/c1-7-3-2-4-9-10(7)8(11(12)14)5-6-13-9/h2-6H,1H3,(H2,12,14). The van der Waals surface area contributed by atoms with Crippen LogP contribution in [0.25, 0.3) is 10.9 Å². The van der Waals surface area contributed by atoms with Crippen LogP contribution in [0.4, 0.5) is 0 Å². The van der Waals surface area contributed by atoms with Crippen LogP contribution in [0.1, 0.15) is 15.9 Å². The Morgan fingerprint density at radius 1 is 1.36 bits per heavy atom. The van der Waals surface area contributed by atoms with E-state index in [-0.39, 0.29) is 0 Å². The van der Waals surface area contributed by atoms with Gasteiger partial charge in [-0.15, -0.1) is 0 Å². The first-order valence-corrected chi connectivity index (χ1v) is 4.34. The van der Waals surface area contributed by atoms with Crippen molar-refractivity contribution in [3.63, 3.8) is 0 Å². The second kappa shape index (κ2) is 3.10. The molecule has 0 aliphatic rings. The molecule has 0 spiro atoms. The van der Waals surface area contributed by atoms with Gasteiger partial charge in [-0.25, -0.2) is 0 Å². The Morgan fingerprint density at radius 3 is 2.86 bits per heavy atom. The van der Waals surface area contributed by atoms with Gasteiger partial charge in [-0.05, 0) is 24.6 Å². The zero-order chi connectivity index (χ0) is 10.1. The lowest BCUT2D eigenvalue weighted by atomic mass is 10.0. The Morgan fingerprint density at radius 2 is 2.14 bits per heavy atom. The van der Waals surface area contributed by atoms with Crippen molar-refractivity contribution in [1.82, 2.24) is 4.98 Å². The lowest BCUT2D eigenvalue weighted by Crippen LogP contribution is -2.12. The maximum Gasteiger partial charge on any atom is 0.249 e. The number of fused-ring (bicyclic) bond motifs is 1. The Kier molecular flexibility index (Phi) is 1.93. The number of hydrogen-bond acceptors (Lipinski definition) is 2. The third-order valence-electron chi connectivity index (χ3n) is 2.24. The fourth-order valence-corrected chi connectivity index (χ4v) is 1.59. The number of benzene rings is 1. The van der Waals surface area contributed by atoms with Crippen LogP contribution in [0.5, 0.6) is 0 Å². The second-order valence-electron chi connectivity index (χ2n) is 3.19. The normalized spacial score (nSPS) is 10.4. The molecular weight excluding hydrogens is 176 g/mol. The number of aryl methyl sites for hydroxylation is 1. The summed E-state index contributed by atoms with van der Waals surface area (Å²) in [6.07, 6.45) is 1.60. The fourth-order valence-electron chi connectivity index (χ4n) is 1.59. The molecule has 14 heavy (non-hydrogen) atoms. The van der Waals surface area contributed by atoms with Crippen LogP contribution in [-0.4, -0.2) is 10.9 Å². The number of carbonyl (C=O) groups is 1. The number of rotatable bonds is 1. The molecule has 2 aromatic rings. The largest absolute Gasteiger partial charge is 0.366 e. The third-order valence-corrected chi connectivity index (χ3v) is 2.24. The molecule has 2 rings (SSSR count). The van der Waals surface area contributed by atoms with E-state index in [0.717, 1.165) is 16.5 Å². The predicted octanol–water partition coefficient (Wildman–Crippen LogP) is 1.64. The van der Waals surface area contributed by atoms with Crippen LogP contribution in [0.3, 0.4) is 0 Å². The predicted molar refractivity (Wildman–Crippen MR) is 55.0 cm³/mol. The molecular formula is C11H10N2O. The summed E-state index contributed by atoms with van der Waals surface area (Å²) in [7, 11) is 0. The molecule has 3 heteroatoms. The van der Waals surface area contributed by atoms with Crippen molar-refractivity contribution in [3.8, 4) is 0 Å². The first kappa shape index (κ1) is 8.69. The number of nitrogens with two attached hydrogens (primary N) is 1. The van der Waals surface area contributed by atoms with Gasteiger partial charge >= 0.3 is 0 Å². The van der Waals surface area contributed by atoms with E-state index < -0.39 is 5.91 Å². The van der Waals surface area contributed by atoms with Crippen molar-refractivity contribution >= 4 is 16.8 Å². The van der Waals surface area contributed by atoms with Crippen molar-refractivity contribution in [2.24, 2.45) is 5.73 Å². The first-order chi connectivity index (χ1) is 6.70. The number of primary amides is 1. The van der Waals surface area contributed by atoms with Crippen LogP contribution < -0.4 is 5.73 Å². The van der Waals surface area contributed by atoms with E-state index in [1.54, 1.807) is 12.3 Å². The van der Waals surface area contributed by atoms with Gasteiger partial charge in [-0.2, -0.15) is 0 Å². The molecule has 3 nitrogen and oxygen atoms in total. The summed E-state index contributed by atoms with van der Waals surface area (Å²) in [5.74, 6) is -0.410. The average Bonchev–Trinajstić information content (AvgIpc) is 2.17. The summed E-state index contributed by atoms with van der Waals surface area (Å²) in [5.41, 5.74) is 7.64. The minimum Gasteiger partial charge on any atom is -0.366 e. The van der Waals surface area contributed by atoms with Crippen molar-refractivity contribution in [1.29, 1.82) is 0 Å². The van der Waals surface area contributed by atoms with E-state index in [0.29, 0.717) is 5.56 Å². The average molecular weight is 186 g/mol. The van der Waals surface area contributed by atoms with Gasteiger partial charge in [0.15, 0.2) is 0 Å². The van der Waals surface area contributed by atoms with E-state index in [1.165, 1.54) is 0 Å². The van der Waals surface area contributed by atoms with Gasteiger partial charge in [0, 0.05) is 11.6 Å². The quantitative estimate of drug-likeness (QED) is 0.736. The van der Waals surface area contributed by atoms with E-state index >= 15 is 0 Å². The van der Waals surface area contributed by atoms with Gasteiger partial charge < -0.3 is 5.73 Å². The minimum absolute atomic E-state index is 0.410. The summed E-state index contributed by atoms with van der Waals surface area (Å²) in [6, 6.07) is 7.37. The van der Waals surface area contributed by atoms with E-state index in [4.69, 9.17) is 5.73 Å².